The highest BCUT2D eigenvalue weighted by molar-refractivity contribution is 5.86. The van der Waals surface area contributed by atoms with Gasteiger partial charge in [0.25, 0.3) is 0 Å². The van der Waals surface area contributed by atoms with Gasteiger partial charge in [-0.1, -0.05) is 6.07 Å². The minimum atomic E-state index is -0.487. The van der Waals surface area contributed by atoms with Crippen LogP contribution in [0, 0.1) is 0 Å². The topological polar surface area (TPSA) is 74.5 Å². The number of pyridine rings is 1. The highest BCUT2D eigenvalue weighted by Crippen LogP contribution is 2.18. The summed E-state index contributed by atoms with van der Waals surface area (Å²) in [4.78, 5) is 20.6. The van der Waals surface area contributed by atoms with Crippen molar-refractivity contribution in [2.45, 2.75) is 19.5 Å². The maximum Gasteiger partial charge on any atom is 0.236 e. The van der Waals surface area contributed by atoms with Crippen LogP contribution in [0.2, 0.25) is 0 Å². The first-order valence-corrected chi connectivity index (χ1v) is 6.98. The van der Waals surface area contributed by atoms with Crippen molar-refractivity contribution in [3.63, 3.8) is 0 Å². The molecule has 1 atom stereocenters. The van der Waals surface area contributed by atoms with Crippen LogP contribution < -0.4 is 16.0 Å². The molecule has 1 aromatic rings. The Kier molecular flexibility index (Phi) is 12.4. The van der Waals surface area contributed by atoms with E-state index in [0.717, 1.165) is 37.6 Å². The van der Waals surface area contributed by atoms with Crippen molar-refractivity contribution in [2.24, 2.45) is 5.73 Å². The maximum atomic E-state index is 11.6. The lowest BCUT2D eigenvalue weighted by molar-refractivity contribution is -0.122. The van der Waals surface area contributed by atoms with Crippen molar-refractivity contribution in [3.05, 3.63) is 23.9 Å². The van der Waals surface area contributed by atoms with Crippen LogP contribution in [-0.2, 0) is 11.3 Å². The number of carbonyl (C=O) groups excluding carboxylic acids is 1. The molecular weight excluding hydrogens is 361 g/mol. The summed E-state index contributed by atoms with van der Waals surface area (Å²) in [6.07, 6.45) is 1.80. The second-order valence-corrected chi connectivity index (χ2v) is 5.28. The Morgan fingerprint density at radius 3 is 2.48 bits per heavy atom. The van der Waals surface area contributed by atoms with Gasteiger partial charge in [0.2, 0.25) is 5.91 Å². The van der Waals surface area contributed by atoms with Crippen LogP contribution in [0.5, 0.6) is 0 Å². The lowest BCUT2D eigenvalue weighted by atomic mass is 10.2. The van der Waals surface area contributed by atoms with Crippen molar-refractivity contribution in [3.8, 4) is 0 Å². The number of halogens is 3. The molecule has 0 unspecified atom stereocenters. The lowest BCUT2D eigenvalue weighted by Crippen LogP contribution is -2.45. The molecule has 1 aromatic heterocycles. The van der Waals surface area contributed by atoms with Gasteiger partial charge in [-0.05, 0) is 20.0 Å². The molecule has 2 heterocycles. The van der Waals surface area contributed by atoms with Crippen LogP contribution in [0.4, 0.5) is 5.82 Å². The van der Waals surface area contributed by atoms with Crippen LogP contribution >= 0.6 is 37.2 Å². The van der Waals surface area contributed by atoms with Gasteiger partial charge in [-0.15, -0.1) is 37.2 Å². The van der Waals surface area contributed by atoms with Crippen LogP contribution in [0.1, 0.15) is 12.5 Å². The Bertz CT molecular complexity index is 467. The maximum absolute atomic E-state index is 11.6. The number of likely N-dealkylation sites (N-methyl/N-ethyl adjacent to an activating group) is 1. The molecule has 0 aromatic carbocycles. The lowest BCUT2D eigenvalue weighted by Gasteiger charge is -2.34. The molecule has 0 radical (unpaired) electrons. The van der Waals surface area contributed by atoms with E-state index in [2.05, 4.69) is 27.1 Å². The zero-order valence-corrected chi connectivity index (χ0v) is 15.8. The zero-order valence-electron chi connectivity index (χ0n) is 13.4. The van der Waals surface area contributed by atoms with E-state index in [-0.39, 0.29) is 43.1 Å². The van der Waals surface area contributed by atoms with E-state index in [0.29, 0.717) is 6.54 Å². The molecular formula is C14H26Cl3N5O. The fourth-order valence-corrected chi connectivity index (χ4v) is 2.21. The van der Waals surface area contributed by atoms with Gasteiger partial charge in [-0.2, -0.15) is 0 Å². The van der Waals surface area contributed by atoms with E-state index in [4.69, 9.17) is 5.73 Å². The number of rotatable bonds is 4. The van der Waals surface area contributed by atoms with Gasteiger partial charge in [0, 0.05) is 44.5 Å². The highest BCUT2D eigenvalue weighted by Gasteiger charge is 2.18. The first kappa shape index (κ1) is 24.5. The molecule has 0 spiro atoms. The van der Waals surface area contributed by atoms with E-state index in [9.17, 15) is 4.79 Å². The normalized spacial score (nSPS) is 15.5. The van der Waals surface area contributed by atoms with Crippen molar-refractivity contribution in [2.75, 3.05) is 38.1 Å². The summed E-state index contributed by atoms with van der Waals surface area (Å²) >= 11 is 0. The van der Waals surface area contributed by atoms with Gasteiger partial charge in [-0.25, -0.2) is 4.98 Å². The summed E-state index contributed by atoms with van der Waals surface area (Å²) in [5.41, 5.74) is 6.59. The summed E-state index contributed by atoms with van der Waals surface area (Å²) in [6.45, 7) is 6.13. The molecule has 1 fully saturated rings. The number of hydrogen-bond acceptors (Lipinski definition) is 5. The summed E-state index contributed by atoms with van der Waals surface area (Å²) in [5, 5.41) is 2.85. The predicted octanol–water partition coefficient (Wildman–Crippen LogP) is 1.06. The van der Waals surface area contributed by atoms with Crippen molar-refractivity contribution >= 4 is 48.9 Å². The van der Waals surface area contributed by atoms with E-state index in [1.54, 1.807) is 13.1 Å². The minimum Gasteiger partial charge on any atom is -0.354 e. The monoisotopic (exact) mass is 385 g/mol. The molecule has 1 aliphatic rings. The third-order valence-electron chi connectivity index (χ3n) is 3.54. The second kappa shape index (κ2) is 11.7. The predicted molar refractivity (Wildman–Crippen MR) is 101 cm³/mol. The molecule has 3 N–H and O–H groups in total. The smallest absolute Gasteiger partial charge is 0.236 e. The van der Waals surface area contributed by atoms with Crippen LogP contribution in [0.3, 0.4) is 0 Å². The SMILES string of the molecule is C[C@@H](N)C(=O)NCc1cccnc1N1CCN(C)CC1.Cl.Cl.Cl. The van der Waals surface area contributed by atoms with E-state index >= 15 is 0 Å². The standard InChI is InChI=1S/C14H23N5O.3ClH/c1-11(15)14(20)17-10-12-4-3-5-16-13(12)19-8-6-18(2)7-9-19;;;/h3-5,11H,6-10,15H2,1-2H3,(H,17,20);3*1H/t11-;;;/m1.../s1. The third kappa shape index (κ3) is 7.10. The van der Waals surface area contributed by atoms with Crippen molar-refractivity contribution in [1.29, 1.82) is 0 Å². The molecule has 134 valence electrons. The van der Waals surface area contributed by atoms with Gasteiger partial charge in [0.15, 0.2) is 0 Å². The number of carbonyl (C=O) groups is 1. The number of piperazine rings is 1. The molecule has 1 amide bonds. The van der Waals surface area contributed by atoms with Gasteiger partial charge in [0.05, 0.1) is 6.04 Å². The van der Waals surface area contributed by atoms with E-state index < -0.39 is 6.04 Å². The number of amides is 1. The Labute approximate surface area is 156 Å². The average molecular weight is 387 g/mol. The van der Waals surface area contributed by atoms with Crippen LogP contribution in [-0.4, -0.2) is 55.1 Å². The van der Waals surface area contributed by atoms with Crippen molar-refractivity contribution in [1.82, 2.24) is 15.2 Å². The molecule has 0 aliphatic carbocycles. The first-order valence-electron chi connectivity index (χ1n) is 6.98. The fraction of sp³-hybridized carbons (Fsp3) is 0.571. The number of nitrogens with zero attached hydrogens (tertiary/aromatic N) is 3. The molecule has 1 saturated heterocycles. The molecule has 2 rings (SSSR count). The zero-order chi connectivity index (χ0) is 14.5. The third-order valence-corrected chi connectivity index (χ3v) is 3.54. The van der Waals surface area contributed by atoms with Crippen molar-refractivity contribution < 1.29 is 4.79 Å². The molecule has 0 saturated carbocycles. The average Bonchev–Trinajstić information content (AvgIpc) is 2.46. The first-order chi connectivity index (χ1) is 9.58. The summed E-state index contributed by atoms with van der Waals surface area (Å²) in [6, 6.07) is 3.41. The van der Waals surface area contributed by atoms with E-state index in [1.807, 2.05) is 12.1 Å². The van der Waals surface area contributed by atoms with Gasteiger partial charge in [0.1, 0.15) is 5.82 Å². The van der Waals surface area contributed by atoms with Gasteiger partial charge < -0.3 is 20.9 Å². The Hall–Kier alpha value is -0.790. The molecule has 1 aliphatic heterocycles. The number of nitrogens with two attached hydrogens (primary N) is 1. The Balaban J connectivity index is 0. The highest BCUT2D eigenvalue weighted by atomic mass is 35.5. The Morgan fingerprint density at radius 1 is 1.30 bits per heavy atom. The largest absolute Gasteiger partial charge is 0.354 e. The number of nitrogens with one attached hydrogen (secondary N) is 1. The molecule has 0 bridgehead atoms. The quantitative estimate of drug-likeness (QED) is 0.809. The minimum absolute atomic E-state index is 0. The molecule has 9 heteroatoms. The Morgan fingerprint density at radius 2 is 1.91 bits per heavy atom. The van der Waals surface area contributed by atoms with E-state index in [1.165, 1.54) is 0 Å². The summed E-state index contributed by atoms with van der Waals surface area (Å²) in [5.74, 6) is 0.823. The molecule has 6 nitrogen and oxygen atoms in total. The summed E-state index contributed by atoms with van der Waals surface area (Å²) in [7, 11) is 2.12. The number of hydrogen-bond donors (Lipinski definition) is 2. The van der Waals surface area contributed by atoms with Gasteiger partial charge in [-0.3, -0.25) is 4.79 Å². The van der Waals surface area contributed by atoms with Gasteiger partial charge >= 0.3 is 0 Å². The number of aromatic nitrogens is 1. The second-order valence-electron chi connectivity index (χ2n) is 5.28. The number of anilines is 1. The molecule has 23 heavy (non-hydrogen) atoms. The fourth-order valence-electron chi connectivity index (χ4n) is 2.21. The van der Waals surface area contributed by atoms with Crippen LogP contribution in [0.25, 0.3) is 0 Å². The van der Waals surface area contributed by atoms with Crippen LogP contribution in [0.15, 0.2) is 18.3 Å². The summed E-state index contributed by atoms with van der Waals surface area (Å²) < 4.78 is 0.